The summed E-state index contributed by atoms with van der Waals surface area (Å²) in [6.07, 6.45) is 0.960. The molecule has 0 unspecified atom stereocenters. The molecule has 1 aromatic heterocycles. The number of carbonyl (C=O) groups is 1. The summed E-state index contributed by atoms with van der Waals surface area (Å²) >= 11 is 0. The minimum atomic E-state index is -0.0992. The molecular weight excluding hydrogens is 348 g/mol. The zero-order valence-corrected chi connectivity index (χ0v) is 16.3. The largest absolute Gasteiger partial charge is 0.336 e. The van der Waals surface area contributed by atoms with Crippen LogP contribution in [-0.4, -0.2) is 29.0 Å². The van der Waals surface area contributed by atoms with E-state index in [2.05, 4.69) is 39.1 Å². The van der Waals surface area contributed by atoms with Gasteiger partial charge in [-0.2, -0.15) is 0 Å². The van der Waals surface area contributed by atoms with E-state index in [1.165, 1.54) is 11.1 Å². The minimum Gasteiger partial charge on any atom is -0.336 e. The third kappa shape index (κ3) is 3.60. The van der Waals surface area contributed by atoms with Gasteiger partial charge in [-0.15, -0.1) is 0 Å². The van der Waals surface area contributed by atoms with Crippen LogP contribution >= 0.6 is 0 Å². The Morgan fingerprint density at radius 3 is 2.50 bits per heavy atom. The van der Waals surface area contributed by atoms with Gasteiger partial charge in [-0.25, -0.2) is 9.97 Å². The summed E-state index contributed by atoms with van der Waals surface area (Å²) in [6, 6.07) is 20.0. The first-order valence-corrected chi connectivity index (χ1v) is 9.70. The number of benzene rings is 2. The summed E-state index contributed by atoms with van der Waals surface area (Å²) in [5, 5.41) is 0. The molecule has 0 saturated heterocycles. The SMILES string of the molecule is CCN(C(=O)c1cc(C)nc(N2CCc3ccccc3C2)n1)c1ccccc1. The monoisotopic (exact) mass is 372 g/mol. The molecule has 4 rings (SSSR count). The standard InChI is InChI=1S/C23H24N4O/c1-3-27(20-11-5-4-6-12-20)22(28)21-15-17(2)24-23(25-21)26-14-13-18-9-7-8-10-19(18)16-26/h4-12,15H,3,13-14,16H2,1-2H3. The zero-order valence-electron chi connectivity index (χ0n) is 16.3. The molecular formula is C23H24N4O. The Balaban J connectivity index is 1.63. The Labute approximate surface area is 165 Å². The number of anilines is 2. The van der Waals surface area contributed by atoms with E-state index in [1.54, 1.807) is 11.0 Å². The van der Waals surface area contributed by atoms with Crippen LogP contribution in [0.3, 0.4) is 0 Å². The van der Waals surface area contributed by atoms with E-state index in [0.29, 0.717) is 18.2 Å². The van der Waals surface area contributed by atoms with E-state index in [1.807, 2.05) is 44.2 Å². The molecule has 0 aliphatic carbocycles. The summed E-state index contributed by atoms with van der Waals surface area (Å²) in [5.41, 5.74) is 4.79. The van der Waals surface area contributed by atoms with Gasteiger partial charge in [0, 0.05) is 31.0 Å². The molecule has 0 atom stereocenters. The lowest BCUT2D eigenvalue weighted by molar-refractivity contribution is 0.0983. The summed E-state index contributed by atoms with van der Waals surface area (Å²) in [4.78, 5) is 26.3. The Morgan fingerprint density at radius 1 is 1.04 bits per heavy atom. The molecule has 28 heavy (non-hydrogen) atoms. The Hall–Kier alpha value is -3.21. The lowest BCUT2D eigenvalue weighted by Gasteiger charge is -2.29. The molecule has 142 valence electrons. The molecule has 1 aliphatic heterocycles. The first-order chi connectivity index (χ1) is 13.7. The zero-order chi connectivity index (χ0) is 19.5. The van der Waals surface area contributed by atoms with E-state index in [9.17, 15) is 4.79 Å². The van der Waals surface area contributed by atoms with Crippen LogP contribution < -0.4 is 9.80 Å². The van der Waals surface area contributed by atoms with Crippen LogP contribution in [0.25, 0.3) is 0 Å². The Morgan fingerprint density at radius 2 is 1.75 bits per heavy atom. The Bertz CT molecular complexity index is 987. The third-order valence-corrected chi connectivity index (χ3v) is 5.10. The van der Waals surface area contributed by atoms with Crippen molar-refractivity contribution in [2.75, 3.05) is 22.9 Å². The number of carbonyl (C=O) groups excluding carboxylic acids is 1. The van der Waals surface area contributed by atoms with Crippen molar-refractivity contribution in [1.82, 2.24) is 9.97 Å². The van der Waals surface area contributed by atoms with Crippen molar-refractivity contribution in [3.63, 3.8) is 0 Å². The maximum atomic E-state index is 13.2. The highest BCUT2D eigenvalue weighted by atomic mass is 16.2. The van der Waals surface area contributed by atoms with Gasteiger partial charge in [0.1, 0.15) is 5.69 Å². The molecule has 0 N–H and O–H groups in total. The lowest BCUT2D eigenvalue weighted by atomic mass is 10.0. The van der Waals surface area contributed by atoms with Crippen molar-refractivity contribution >= 4 is 17.5 Å². The van der Waals surface area contributed by atoms with Gasteiger partial charge in [0.05, 0.1) is 0 Å². The predicted molar refractivity (Wildman–Crippen MR) is 112 cm³/mol. The molecule has 1 aliphatic rings. The quantitative estimate of drug-likeness (QED) is 0.694. The number of hydrogen-bond donors (Lipinski definition) is 0. The number of hydrogen-bond acceptors (Lipinski definition) is 4. The van der Waals surface area contributed by atoms with Crippen molar-refractivity contribution in [2.24, 2.45) is 0 Å². The van der Waals surface area contributed by atoms with E-state index in [-0.39, 0.29) is 5.91 Å². The molecule has 0 spiro atoms. The number of amides is 1. The fraction of sp³-hybridized carbons (Fsp3) is 0.261. The summed E-state index contributed by atoms with van der Waals surface area (Å²) in [5.74, 6) is 0.528. The summed E-state index contributed by atoms with van der Waals surface area (Å²) < 4.78 is 0. The van der Waals surface area contributed by atoms with Crippen molar-refractivity contribution < 1.29 is 4.79 Å². The first kappa shape index (κ1) is 18.2. The number of nitrogens with zero attached hydrogens (tertiary/aromatic N) is 4. The average Bonchev–Trinajstić information content (AvgIpc) is 2.74. The van der Waals surface area contributed by atoms with Crippen molar-refractivity contribution in [3.05, 3.63) is 83.2 Å². The number of fused-ring (bicyclic) bond motifs is 1. The maximum Gasteiger partial charge on any atom is 0.277 e. The molecule has 0 saturated carbocycles. The minimum absolute atomic E-state index is 0.0992. The summed E-state index contributed by atoms with van der Waals surface area (Å²) in [6.45, 7) is 6.09. The second-order valence-corrected chi connectivity index (χ2v) is 7.02. The molecule has 3 aromatic rings. The lowest BCUT2D eigenvalue weighted by Crippen LogP contribution is -2.34. The van der Waals surface area contributed by atoms with Crippen LogP contribution in [0, 0.1) is 6.92 Å². The van der Waals surface area contributed by atoms with Gasteiger partial charge in [0.2, 0.25) is 5.95 Å². The van der Waals surface area contributed by atoms with E-state index in [4.69, 9.17) is 0 Å². The molecule has 2 aromatic carbocycles. The molecule has 0 bridgehead atoms. The molecule has 1 amide bonds. The third-order valence-electron chi connectivity index (χ3n) is 5.10. The molecule has 0 radical (unpaired) electrons. The van der Waals surface area contributed by atoms with E-state index < -0.39 is 0 Å². The summed E-state index contributed by atoms with van der Waals surface area (Å²) in [7, 11) is 0. The van der Waals surface area contributed by atoms with Gasteiger partial charge < -0.3 is 9.80 Å². The smallest absolute Gasteiger partial charge is 0.277 e. The van der Waals surface area contributed by atoms with E-state index >= 15 is 0 Å². The number of aryl methyl sites for hydroxylation is 1. The van der Waals surface area contributed by atoms with E-state index in [0.717, 1.165) is 30.9 Å². The molecule has 0 fully saturated rings. The highest BCUT2D eigenvalue weighted by Crippen LogP contribution is 2.23. The number of rotatable bonds is 4. The van der Waals surface area contributed by atoms with Gasteiger partial charge in [0.25, 0.3) is 5.91 Å². The topological polar surface area (TPSA) is 49.3 Å². The van der Waals surface area contributed by atoms with Crippen molar-refractivity contribution in [2.45, 2.75) is 26.8 Å². The maximum absolute atomic E-state index is 13.2. The molecule has 2 heterocycles. The van der Waals surface area contributed by atoms with Crippen LogP contribution in [0.2, 0.25) is 0 Å². The van der Waals surface area contributed by atoms with Crippen LogP contribution in [-0.2, 0) is 13.0 Å². The van der Waals surface area contributed by atoms with Crippen LogP contribution in [0.5, 0.6) is 0 Å². The van der Waals surface area contributed by atoms with Gasteiger partial charge in [-0.3, -0.25) is 4.79 Å². The van der Waals surface area contributed by atoms with Gasteiger partial charge in [0.15, 0.2) is 0 Å². The highest BCUT2D eigenvalue weighted by Gasteiger charge is 2.22. The molecule has 5 nitrogen and oxygen atoms in total. The number of aromatic nitrogens is 2. The predicted octanol–water partition coefficient (Wildman–Crippen LogP) is 4.01. The number of para-hydroxylation sites is 1. The molecule has 5 heteroatoms. The van der Waals surface area contributed by atoms with Gasteiger partial charge >= 0.3 is 0 Å². The van der Waals surface area contributed by atoms with Crippen molar-refractivity contribution in [1.29, 1.82) is 0 Å². The van der Waals surface area contributed by atoms with Crippen LogP contribution in [0.4, 0.5) is 11.6 Å². The van der Waals surface area contributed by atoms with Gasteiger partial charge in [-0.05, 0) is 49.6 Å². The second kappa shape index (κ2) is 7.80. The Kier molecular flexibility index (Phi) is 5.06. The first-order valence-electron chi connectivity index (χ1n) is 9.70. The average molecular weight is 372 g/mol. The van der Waals surface area contributed by atoms with Crippen LogP contribution in [0.15, 0.2) is 60.7 Å². The second-order valence-electron chi connectivity index (χ2n) is 7.02. The van der Waals surface area contributed by atoms with Crippen molar-refractivity contribution in [3.8, 4) is 0 Å². The normalized spacial score (nSPS) is 13.1. The highest BCUT2D eigenvalue weighted by molar-refractivity contribution is 6.04. The van der Waals surface area contributed by atoms with Gasteiger partial charge in [-0.1, -0.05) is 42.5 Å². The fourth-order valence-electron chi connectivity index (χ4n) is 3.66. The fourth-order valence-corrected chi connectivity index (χ4v) is 3.66. The van der Waals surface area contributed by atoms with Crippen LogP contribution in [0.1, 0.15) is 34.2 Å².